The van der Waals surface area contributed by atoms with Gasteiger partial charge in [0, 0.05) is 12.6 Å². The van der Waals surface area contributed by atoms with Gasteiger partial charge in [0.25, 0.3) is 0 Å². The molecule has 1 atom stereocenters. The molecule has 2 aromatic rings. The summed E-state index contributed by atoms with van der Waals surface area (Å²) in [7, 11) is 2.90. The molecule has 0 saturated carbocycles. The summed E-state index contributed by atoms with van der Waals surface area (Å²) in [6.45, 7) is 0.675. The van der Waals surface area contributed by atoms with Crippen LogP contribution in [-0.2, 0) is 16.1 Å². The van der Waals surface area contributed by atoms with Crippen molar-refractivity contribution in [3.63, 3.8) is 0 Å². The van der Waals surface area contributed by atoms with Gasteiger partial charge in [-0.1, -0.05) is 0 Å². The van der Waals surface area contributed by atoms with Crippen molar-refractivity contribution in [2.45, 2.75) is 31.8 Å². The number of hydrogen-bond donors (Lipinski definition) is 1. The van der Waals surface area contributed by atoms with Gasteiger partial charge in [-0.05, 0) is 31.4 Å². The van der Waals surface area contributed by atoms with Gasteiger partial charge in [0.2, 0.25) is 11.8 Å². The van der Waals surface area contributed by atoms with Gasteiger partial charge in [-0.3, -0.25) is 9.69 Å². The highest BCUT2D eigenvalue weighted by Crippen LogP contribution is 2.22. The van der Waals surface area contributed by atoms with E-state index in [1.165, 1.54) is 12.0 Å². The SMILES string of the molecule is COC(=O)N1CCCCC1C(=O)NCc1nc2cc(OC)ccc2o1. The van der Waals surface area contributed by atoms with Crippen molar-refractivity contribution < 1.29 is 23.5 Å². The Kier molecular flexibility index (Phi) is 5.06. The van der Waals surface area contributed by atoms with E-state index in [1.54, 1.807) is 25.3 Å². The van der Waals surface area contributed by atoms with Gasteiger partial charge in [-0.2, -0.15) is 0 Å². The first-order valence-corrected chi connectivity index (χ1v) is 8.18. The van der Waals surface area contributed by atoms with Gasteiger partial charge in [-0.25, -0.2) is 9.78 Å². The molecule has 1 aromatic carbocycles. The zero-order valence-electron chi connectivity index (χ0n) is 14.3. The lowest BCUT2D eigenvalue weighted by atomic mass is 10.0. The minimum absolute atomic E-state index is 0.154. The first kappa shape index (κ1) is 17.1. The first-order valence-electron chi connectivity index (χ1n) is 8.18. The van der Waals surface area contributed by atoms with Crippen LogP contribution in [0.1, 0.15) is 25.2 Å². The summed E-state index contributed by atoms with van der Waals surface area (Å²) >= 11 is 0. The van der Waals surface area contributed by atoms with Crippen LogP contribution in [0.2, 0.25) is 0 Å². The van der Waals surface area contributed by atoms with E-state index in [9.17, 15) is 9.59 Å². The molecule has 134 valence electrons. The summed E-state index contributed by atoms with van der Waals surface area (Å²) in [6, 6.07) is 4.80. The summed E-state index contributed by atoms with van der Waals surface area (Å²) in [5.74, 6) is 0.856. The number of hydrogen-bond acceptors (Lipinski definition) is 6. The topological polar surface area (TPSA) is 93.9 Å². The number of amides is 2. The standard InChI is InChI=1S/C17H21N3O5/c1-23-11-6-7-14-12(9-11)19-15(25-14)10-18-16(21)13-5-3-4-8-20(13)17(22)24-2/h6-7,9,13H,3-5,8,10H2,1-2H3,(H,18,21). The van der Waals surface area contributed by atoms with E-state index >= 15 is 0 Å². The Bertz CT molecular complexity index is 773. The number of benzene rings is 1. The lowest BCUT2D eigenvalue weighted by molar-refractivity contribution is -0.127. The van der Waals surface area contributed by atoms with E-state index in [0.29, 0.717) is 35.7 Å². The highest BCUT2D eigenvalue weighted by molar-refractivity contribution is 5.85. The Labute approximate surface area is 145 Å². The fourth-order valence-corrected chi connectivity index (χ4v) is 2.98. The van der Waals surface area contributed by atoms with Crippen molar-refractivity contribution >= 4 is 23.1 Å². The molecule has 1 aliphatic heterocycles. The number of carbonyl (C=O) groups is 2. The number of ether oxygens (including phenoxy) is 2. The molecule has 8 heteroatoms. The fraction of sp³-hybridized carbons (Fsp3) is 0.471. The number of aromatic nitrogens is 1. The number of fused-ring (bicyclic) bond motifs is 1. The number of likely N-dealkylation sites (tertiary alicyclic amines) is 1. The van der Waals surface area contributed by atoms with Crippen LogP contribution >= 0.6 is 0 Å². The van der Waals surface area contributed by atoms with Gasteiger partial charge in [0.1, 0.15) is 17.3 Å². The Morgan fingerprint density at radius 2 is 2.20 bits per heavy atom. The maximum atomic E-state index is 12.5. The maximum Gasteiger partial charge on any atom is 0.410 e. The summed E-state index contributed by atoms with van der Waals surface area (Å²) in [6.07, 6.45) is 1.90. The second kappa shape index (κ2) is 7.42. The van der Waals surface area contributed by atoms with Gasteiger partial charge in [0.15, 0.2) is 5.58 Å². The van der Waals surface area contributed by atoms with Crippen LogP contribution < -0.4 is 10.1 Å². The molecule has 2 heterocycles. The van der Waals surface area contributed by atoms with Crippen molar-refractivity contribution in [3.8, 4) is 5.75 Å². The predicted octanol–water partition coefficient (Wildman–Crippen LogP) is 2.07. The largest absolute Gasteiger partial charge is 0.497 e. The average Bonchev–Trinajstić information content (AvgIpc) is 3.07. The minimum atomic E-state index is -0.523. The van der Waals surface area contributed by atoms with Crippen LogP contribution in [0.4, 0.5) is 4.79 Å². The van der Waals surface area contributed by atoms with E-state index in [2.05, 4.69) is 10.3 Å². The van der Waals surface area contributed by atoms with Crippen LogP contribution in [0.3, 0.4) is 0 Å². The molecule has 0 aliphatic carbocycles. The Morgan fingerprint density at radius 1 is 1.36 bits per heavy atom. The van der Waals surface area contributed by atoms with Crippen molar-refractivity contribution in [1.29, 1.82) is 0 Å². The Morgan fingerprint density at radius 3 is 2.96 bits per heavy atom. The quantitative estimate of drug-likeness (QED) is 0.910. The van der Waals surface area contributed by atoms with Crippen LogP contribution in [-0.4, -0.2) is 48.7 Å². The van der Waals surface area contributed by atoms with Gasteiger partial charge in [0.05, 0.1) is 20.8 Å². The molecule has 1 aromatic heterocycles. The Balaban J connectivity index is 1.65. The molecule has 1 aliphatic rings. The zero-order chi connectivity index (χ0) is 17.8. The minimum Gasteiger partial charge on any atom is -0.497 e. The molecule has 1 N–H and O–H groups in total. The van der Waals surface area contributed by atoms with Crippen molar-refractivity contribution in [3.05, 3.63) is 24.1 Å². The summed E-state index contributed by atoms with van der Waals surface area (Å²) in [5, 5.41) is 2.79. The summed E-state index contributed by atoms with van der Waals surface area (Å²) in [5.41, 5.74) is 1.29. The molecular weight excluding hydrogens is 326 g/mol. The smallest absolute Gasteiger partial charge is 0.410 e. The van der Waals surface area contributed by atoms with Crippen LogP contribution in [0, 0.1) is 0 Å². The third-order valence-electron chi connectivity index (χ3n) is 4.27. The Hall–Kier alpha value is -2.77. The molecule has 1 saturated heterocycles. The molecule has 0 spiro atoms. The third kappa shape index (κ3) is 3.67. The fourth-order valence-electron chi connectivity index (χ4n) is 2.98. The molecule has 8 nitrogen and oxygen atoms in total. The van der Waals surface area contributed by atoms with Crippen LogP contribution in [0.15, 0.2) is 22.6 Å². The summed E-state index contributed by atoms with van der Waals surface area (Å²) in [4.78, 5) is 30.1. The van der Waals surface area contributed by atoms with Gasteiger partial charge in [-0.15, -0.1) is 0 Å². The normalized spacial score (nSPS) is 17.4. The highest BCUT2D eigenvalue weighted by Gasteiger charge is 2.32. The highest BCUT2D eigenvalue weighted by atomic mass is 16.5. The van der Waals surface area contributed by atoms with Crippen LogP contribution in [0.25, 0.3) is 11.1 Å². The average molecular weight is 347 g/mol. The number of rotatable bonds is 4. The molecule has 1 fully saturated rings. The van der Waals surface area contributed by atoms with Crippen molar-refractivity contribution in [1.82, 2.24) is 15.2 Å². The lowest BCUT2D eigenvalue weighted by Gasteiger charge is -2.33. The van der Waals surface area contributed by atoms with E-state index < -0.39 is 12.1 Å². The van der Waals surface area contributed by atoms with E-state index in [1.807, 2.05) is 0 Å². The number of carbonyl (C=O) groups excluding carboxylic acids is 2. The van der Waals surface area contributed by atoms with Crippen molar-refractivity contribution in [2.24, 2.45) is 0 Å². The zero-order valence-corrected chi connectivity index (χ0v) is 14.3. The maximum absolute atomic E-state index is 12.5. The molecule has 25 heavy (non-hydrogen) atoms. The lowest BCUT2D eigenvalue weighted by Crippen LogP contribution is -2.51. The molecule has 3 rings (SSSR count). The monoisotopic (exact) mass is 347 g/mol. The molecule has 2 amide bonds. The molecule has 0 radical (unpaired) electrons. The molecular formula is C17H21N3O5. The van der Waals surface area contributed by atoms with Crippen LogP contribution in [0.5, 0.6) is 5.75 Å². The second-order valence-electron chi connectivity index (χ2n) is 5.83. The van der Waals surface area contributed by atoms with E-state index in [0.717, 1.165) is 12.8 Å². The number of oxazole rings is 1. The van der Waals surface area contributed by atoms with E-state index in [-0.39, 0.29) is 12.5 Å². The number of nitrogens with zero attached hydrogens (tertiary/aromatic N) is 2. The number of piperidine rings is 1. The van der Waals surface area contributed by atoms with Gasteiger partial charge < -0.3 is 19.2 Å². The predicted molar refractivity (Wildman–Crippen MR) is 89.2 cm³/mol. The molecule has 1 unspecified atom stereocenters. The number of methoxy groups -OCH3 is 2. The summed E-state index contributed by atoms with van der Waals surface area (Å²) < 4.78 is 15.5. The first-order chi connectivity index (χ1) is 12.1. The molecule has 0 bridgehead atoms. The number of nitrogens with one attached hydrogen (secondary N) is 1. The van der Waals surface area contributed by atoms with Crippen molar-refractivity contribution in [2.75, 3.05) is 20.8 Å². The van der Waals surface area contributed by atoms with Gasteiger partial charge >= 0.3 is 6.09 Å². The third-order valence-corrected chi connectivity index (χ3v) is 4.27. The second-order valence-corrected chi connectivity index (χ2v) is 5.83. The van der Waals surface area contributed by atoms with E-state index in [4.69, 9.17) is 13.9 Å².